The fourth-order valence-electron chi connectivity index (χ4n) is 1.52. The molecule has 0 aliphatic carbocycles. The Morgan fingerprint density at radius 3 is 2.60 bits per heavy atom. The SMILES string of the molecule is CC(C)Oc1cc(NCC(C)(C)CO)ccc1[N+](=O)[O-]. The van der Waals surface area contributed by atoms with E-state index in [0.717, 1.165) is 5.69 Å². The van der Waals surface area contributed by atoms with Crippen LogP contribution in [-0.2, 0) is 0 Å². The van der Waals surface area contributed by atoms with Gasteiger partial charge in [0.15, 0.2) is 5.75 Å². The van der Waals surface area contributed by atoms with Gasteiger partial charge in [-0.25, -0.2) is 0 Å². The van der Waals surface area contributed by atoms with Crippen LogP contribution < -0.4 is 10.1 Å². The second-order valence-corrected chi connectivity index (χ2v) is 5.78. The van der Waals surface area contributed by atoms with Crippen LogP contribution in [0.1, 0.15) is 27.7 Å². The van der Waals surface area contributed by atoms with Gasteiger partial charge in [0.1, 0.15) is 0 Å². The number of hydrogen-bond donors (Lipinski definition) is 2. The van der Waals surface area contributed by atoms with Gasteiger partial charge in [-0.1, -0.05) is 13.8 Å². The summed E-state index contributed by atoms with van der Waals surface area (Å²) in [4.78, 5) is 10.5. The molecule has 6 nitrogen and oxygen atoms in total. The fourth-order valence-corrected chi connectivity index (χ4v) is 1.52. The molecular weight excluding hydrogens is 260 g/mol. The van der Waals surface area contributed by atoms with Crippen molar-refractivity contribution in [2.75, 3.05) is 18.5 Å². The standard InChI is InChI=1S/C14H22N2O4/c1-10(2)20-13-7-11(5-6-12(13)16(18)19)15-8-14(3,4)9-17/h5-7,10,15,17H,8-9H2,1-4H3. The van der Waals surface area contributed by atoms with Crippen LogP contribution in [-0.4, -0.2) is 29.3 Å². The van der Waals surface area contributed by atoms with E-state index >= 15 is 0 Å². The molecule has 0 amide bonds. The van der Waals surface area contributed by atoms with Crippen molar-refractivity contribution in [2.45, 2.75) is 33.8 Å². The zero-order valence-corrected chi connectivity index (χ0v) is 12.3. The first kappa shape index (κ1) is 16.2. The van der Waals surface area contributed by atoms with Gasteiger partial charge in [0.25, 0.3) is 0 Å². The molecule has 1 aromatic rings. The van der Waals surface area contributed by atoms with Crippen LogP contribution in [0.5, 0.6) is 5.75 Å². The van der Waals surface area contributed by atoms with Crippen LogP contribution in [0.2, 0.25) is 0 Å². The Hall–Kier alpha value is -1.82. The second-order valence-electron chi connectivity index (χ2n) is 5.78. The summed E-state index contributed by atoms with van der Waals surface area (Å²) in [6, 6.07) is 4.68. The molecule has 0 fully saturated rings. The van der Waals surface area contributed by atoms with Crippen LogP contribution in [0.25, 0.3) is 0 Å². The van der Waals surface area contributed by atoms with Crippen LogP contribution in [0.3, 0.4) is 0 Å². The number of hydrogen-bond acceptors (Lipinski definition) is 5. The molecule has 0 saturated heterocycles. The molecule has 0 saturated carbocycles. The number of aliphatic hydroxyl groups is 1. The lowest BCUT2D eigenvalue weighted by Gasteiger charge is -2.22. The molecule has 1 rings (SSSR count). The fraction of sp³-hybridized carbons (Fsp3) is 0.571. The monoisotopic (exact) mass is 282 g/mol. The lowest BCUT2D eigenvalue weighted by molar-refractivity contribution is -0.386. The van der Waals surface area contributed by atoms with E-state index in [9.17, 15) is 15.2 Å². The van der Waals surface area contributed by atoms with E-state index < -0.39 is 4.92 Å². The summed E-state index contributed by atoms with van der Waals surface area (Å²) in [6.07, 6.45) is -0.141. The Bertz CT molecular complexity index is 472. The summed E-state index contributed by atoms with van der Waals surface area (Å²) in [5.74, 6) is 0.247. The quantitative estimate of drug-likeness (QED) is 0.593. The highest BCUT2D eigenvalue weighted by Crippen LogP contribution is 2.31. The van der Waals surface area contributed by atoms with Crippen molar-refractivity contribution in [1.82, 2.24) is 0 Å². The Labute approximate surface area is 118 Å². The number of anilines is 1. The molecule has 0 atom stereocenters. The zero-order chi connectivity index (χ0) is 15.3. The second kappa shape index (κ2) is 6.56. The minimum absolute atomic E-state index is 0.0503. The van der Waals surface area contributed by atoms with E-state index in [1.807, 2.05) is 27.7 Å². The van der Waals surface area contributed by atoms with Crippen molar-refractivity contribution in [3.8, 4) is 5.75 Å². The lowest BCUT2D eigenvalue weighted by atomic mass is 9.95. The van der Waals surface area contributed by atoms with E-state index in [0.29, 0.717) is 6.54 Å². The largest absolute Gasteiger partial charge is 0.484 e. The highest BCUT2D eigenvalue weighted by Gasteiger charge is 2.19. The molecule has 0 aliphatic rings. The minimum Gasteiger partial charge on any atom is -0.484 e. The number of nitrogens with one attached hydrogen (secondary N) is 1. The molecule has 20 heavy (non-hydrogen) atoms. The van der Waals surface area contributed by atoms with E-state index in [2.05, 4.69) is 5.32 Å². The third kappa shape index (κ3) is 4.70. The number of ether oxygens (including phenoxy) is 1. The van der Waals surface area contributed by atoms with Crippen molar-refractivity contribution >= 4 is 11.4 Å². The number of aliphatic hydroxyl groups excluding tert-OH is 1. The maximum atomic E-state index is 11.0. The highest BCUT2D eigenvalue weighted by atomic mass is 16.6. The van der Waals surface area contributed by atoms with Crippen molar-refractivity contribution < 1.29 is 14.8 Å². The Kier molecular flexibility index (Phi) is 5.33. The summed E-state index contributed by atoms with van der Waals surface area (Å²) < 4.78 is 5.47. The van der Waals surface area contributed by atoms with Crippen LogP contribution in [0, 0.1) is 15.5 Å². The van der Waals surface area contributed by atoms with Gasteiger partial charge >= 0.3 is 5.69 Å². The minimum atomic E-state index is -0.459. The summed E-state index contributed by atoms with van der Waals surface area (Å²) in [5, 5.41) is 23.3. The summed E-state index contributed by atoms with van der Waals surface area (Å²) >= 11 is 0. The van der Waals surface area contributed by atoms with E-state index in [-0.39, 0.29) is 29.6 Å². The van der Waals surface area contributed by atoms with Gasteiger partial charge in [-0.3, -0.25) is 10.1 Å². The molecule has 1 aromatic carbocycles. The van der Waals surface area contributed by atoms with Gasteiger partial charge < -0.3 is 15.2 Å². The van der Waals surface area contributed by atoms with Crippen LogP contribution >= 0.6 is 0 Å². The van der Waals surface area contributed by atoms with Gasteiger partial charge in [-0.15, -0.1) is 0 Å². The maximum Gasteiger partial charge on any atom is 0.311 e. The first-order valence-corrected chi connectivity index (χ1v) is 6.55. The predicted octanol–water partition coefficient (Wildman–Crippen LogP) is 2.81. The third-order valence-corrected chi connectivity index (χ3v) is 2.72. The molecule has 0 spiro atoms. The van der Waals surface area contributed by atoms with Gasteiger partial charge in [0.05, 0.1) is 11.0 Å². The first-order valence-electron chi connectivity index (χ1n) is 6.55. The van der Waals surface area contributed by atoms with Gasteiger partial charge in [0.2, 0.25) is 0 Å². The third-order valence-electron chi connectivity index (χ3n) is 2.72. The van der Waals surface area contributed by atoms with Crippen molar-refractivity contribution in [2.24, 2.45) is 5.41 Å². The number of benzene rings is 1. The molecule has 0 bridgehead atoms. The molecule has 0 aromatic heterocycles. The molecule has 0 heterocycles. The lowest BCUT2D eigenvalue weighted by Crippen LogP contribution is -2.26. The van der Waals surface area contributed by atoms with E-state index in [4.69, 9.17) is 4.74 Å². The Morgan fingerprint density at radius 1 is 1.45 bits per heavy atom. The van der Waals surface area contributed by atoms with Gasteiger partial charge in [0, 0.05) is 36.4 Å². The maximum absolute atomic E-state index is 11.0. The van der Waals surface area contributed by atoms with Crippen LogP contribution in [0.15, 0.2) is 18.2 Å². The number of nitrogens with zero attached hydrogens (tertiary/aromatic N) is 1. The van der Waals surface area contributed by atoms with Gasteiger partial charge in [-0.05, 0) is 19.9 Å². The number of nitro groups is 1. The molecule has 0 unspecified atom stereocenters. The zero-order valence-electron chi connectivity index (χ0n) is 12.3. The van der Waals surface area contributed by atoms with Crippen molar-refractivity contribution in [3.63, 3.8) is 0 Å². The molecule has 6 heteroatoms. The highest BCUT2D eigenvalue weighted by molar-refractivity contribution is 5.58. The summed E-state index contributed by atoms with van der Waals surface area (Å²) in [5.41, 5.74) is 0.416. The molecular formula is C14H22N2O4. The smallest absolute Gasteiger partial charge is 0.311 e. The Balaban J connectivity index is 2.92. The molecule has 0 aliphatic heterocycles. The first-order chi connectivity index (χ1) is 9.25. The summed E-state index contributed by atoms with van der Waals surface area (Å²) in [6.45, 7) is 8.11. The molecule has 112 valence electrons. The Morgan fingerprint density at radius 2 is 2.10 bits per heavy atom. The average molecular weight is 282 g/mol. The topological polar surface area (TPSA) is 84.6 Å². The average Bonchev–Trinajstić information content (AvgIpc) is 2.35. The molecule has 2 N–H and O–H groups in total. The number of rotatable bonds is 7. The number of nitro benzene ring substituents is 1. The van der Waals surface area contributed by atoms with Crippen molar-refractivity contribution in [3.05, 3.63) is 28.3 Å². The molecule has 0 radical (unpaired) electrons. The van der Waals surface area contributed by atoms with Crippen molar-refractivity contribution in [1.29, 1.82) is 0 Å². The predicted molar refractivity (Wildman–Crippen MR) is 78.2 cm³/mol. The van der Waals surface area contributed by atoms with Gasteiger partial charge in [-0.2, -0.15) is 0 Å². The van der Waals surface area contributed by atoms with E-state index in [1.165, 1.54) is 6.07 Å². The van der Waals surface area contributed by atoms with Crippen LogP contribution in [0.4, 0.5) is 11.4 Å². The normalized spacial score (nSPS) is 11.5. The van der Waals surface area contributed by atoms with E-state index in [1.54, 1.807) is 12.1 Å². The summed E-state index contributed by atoms with van der Waals surface area (Å²) in [7, 11) is 0.